The molecule has 1 aromatic heterocycles. The summed E-state index contributed by atoms with van der Waals surface area (Å²) in [6.07, 6.45) is -0.137. The van der Waals surface area contributed by atoms with E-state index in [2.05, 4.69) is 31.0 Å². The number of rotatable bonds is 1. The molecule has 1 aromatic carbocycles. The van der Waals surface area contributed by atoms with E-state index in [4.69, 9.17) is 0 Å². The number of aromatic nitrogens is 1. The van der Waals surface area contributed by atoms with Gasteiger partial charge in [0.1, 0.15) is 0 Å². The highest BCUT2D eigenvalue weighted by molar-refractivity contribution is 7.22. The Morgan fingerprint density at radius 3 is 2.58 bits per heavy atom. The van der Waals surface area contributed by atoms with Crippen molar-refractivity contribution in [3.63, 3.8) is 0 Å². The Morgan fingerprint density at radius 2 is 1.89 bits per heavy atom. The number of alkyl halides is 2. The zero-order valence-corrected chi connectivity index (χ0v) is 11.9. The molecule has 19 heavy (non-hydrogen) atoms. The van der Waals surface area contributed by atoms with Gasteiger partial charge in [0, 0.05) is 25.9 Å². The van der Waals surface area contributed by atoms with Gasteiger partial charge in [0.05, 0.1) is 10.2 Å². The molecule has 2 aromatic rings. The summed E-state index contributed by atoms with van der Waals surface area (Å²) >= 11 is 1.60. The maximum absolute atomic E-state index is 13.2. The first-order chi connectivity index (χ1) is 8.96. The van der Waals surface area contributed by atoms with Crippen molar-refractivity contribution < 1.29 is 8.78 Å². The highest BCUT2D eigenvalue weighted by Gasteiger charge is 2.34. The lowest BCUT2D eigenvalue weighted by Crippen LogP contribution is -2.39. The lowest BCUT2D eigenvalue weighted by atomic mass is 10.1. The summed E-state index contributed by atoms with van der Waals surface area (Å²) in [5, 5.41) is 0.874. The molecule has 5 heteroatoms. The van der Waals surface area contributed by atoms with Crippen LogP contribution in [0.1, 0.15) is 24.0 Å². The molecule has 1 saturated heterocycles. The molecule has 3 rings (SSSR count). The van der Waals surface area contributed by atoms with Gasteiger partial charge in [-0.3, -0.25) is 0 Å². The molecule has 0 unspecified atom stereocenters. The molecule has 0 atom stereocenters. The quantitative estimate of drug-likeness (QED) is 0.781. The summed E-state index contributed by atoms with van der Waals surface area (Å²) in [4.78, 5) is 6.63. The Hall–Kier alpha value is -1.23. The number of fused-ring (bicyclic) bond motifs is 1. The number of hydrogen-bond acceptors (Lipinski definition) is 3. The van der Waals surface area contributed by atoms with Gasteiger partial charge in [-0.1, -0.05) is 17.4 Å². The van der Waals surface area contributed by atoms with E-state index in [1.165, 1.54) is 11.1 Å². The van der Waals surface area contributed by atoms with Crippen molar-refractivity contribution in [3.8, 4) is 0 Å². The van der Waals surface area contributed by atoms with Gasteiger partial charge in [-0.05, 0) is 31.0 Å². The van der Waals surface area contributed by atoms with Crippen molar-refractivity contribution in [1.29, 1.82) is 0 Å². The molecule has 0 radical (unpaired) electrons. The van der Waals surface area contributed by atoms with E-state index >= 15 is 0 Å². The number of hydrogen-bond donors (Lipinski definition) is 0. The first kappa shape index (κ1) is 12.8. The average molecular weight is 282 g/mol. The van der Waals surface area contributed by atoms with Crippen LogP contribution in [0.2, 0.25) is 0 Å². The molecule has 2 heterocycles. The third-order valence-corrected chi connectivity index (χ3v) is 4.92. The Balaban J connectivity index is 1.92. The Morgan fingerprint density at radius 1 is 1.21 bits per heavy atom. The minimum Gasteiger partial charge on any atom is -0.348 e. The Labute approximate surface area is 115 Å². The zero-order chi connectivity index (χ0) is 13.6. The van der Waals surface area contributed by atoms with Gasteiger partial charge < -0.3 is 4.90 Å². The molecular formula is C14H16F2N2S. The summed E-state index contributed by atoms with van der Waals surface area (Å²) in [6.45, 7) is 4.91. The smallest absolute Gasteiger partial charge is 0.251 e. The number of benzene rings is 1. The van der Waals surface area contributed by atoms with Crippen LogP contribution in [0.3, 0.4) is 0 Å². The zero-order valence-electron chi connectivity index (χ0n) is 11.0. The number of nitrogens with zero attached hydrogens (tertiary/aromatic N) is 2. The molecule has 1 fully saturated rings. The van der Waals surface area contributed by atoms with Crippen LogP contribution in [0.4, 0.5) is 13.9 Å². The SMILES string of the molecule is Cc1ccc2sc(N3CCC(F)(F)CC3)nc2c1C. The second-order valence-electron chi connectivity index (χ2n) is 5.19. The normalized spacial score (nSPS) is 19.1. The number of halogens is 2. The Kier molecular flexibility index (Phi) is 2.96. The molecular weight excluding hydrogens is 266 g/mol. The second-order valence-corrected chi connectivity index (χ2v) is 6.20. The van der Waals surface area contributed by atoms with Gasteiger partial charge in [-0.25, -0.2) is 13.8 Å². The van der Waals surface area contributed by atoms with Crippen LogP contribution in [-0.2, 0) is 0 Å². The first-order valence-electron chi connectivity index (χ1n) is 6.46. The molecule has 0 bridgehead atoms. The van der Waals surface area contributed by atoms with Crippen molar-refractivity contribution >= 4 is 26.7 Å². The number of aryl methyl sites for hydroxylation is 2. The largest absolute Gasteiger partial charge is 0.348 e. The fraction of sp³-hybridized carbons (Fsp3) is 0.500. The van der Waals surface area contributed by atoms with E-state index in [0.717, 1.165) is 15.3 Å². The van der Waals surface area contributed by atoms with E-state index in [1.807, 2.05) is 4.90 Å². The lowest BCUT2D eigenvalue weighted by Gasteiger charge is -2.31. The summed E-state index contributed by atoms with van der Waals surface area (Å²) in [6, 6.07) is 4.15. The summed E-state index contributed by atoms with van der Waals surface area (Å²) in [5.41, 5.74) is 3.41. The van der Waals surface area contributed by atoms with Crippen LogP contribution in [-0.4, -0.2) is 24.0 Å². The van der Waals surface area contributed by atoms with Gasteiger partial charge in [-0.15, -0.1) is 0 Å². The van der Waals surface area contributed by atoms with Crippen LogP contribution < -0.4 is 4.90 Å². The first-order valence-corrected chi connectivity index (χ1v) is 7.27. The highest BCUT2D eigenvalue weighted by atomic mass is 32.1. The predicted octanol–water partition coefficient (Wildman–Crippen LogP) is 4.15. The predicted molar refractivity (Wildman–Crippen MR) is 75.5 cm³/mol. The molecule has 0 spiro atoms. The van der Waals surface area contributed by atoms with Crippen molar-refractivity contribution in [1.82, 2.24) is 4.98 Å². The van der Waals surface area contributed by atoms with Gasteiger partial charge >= 0.3 is 0 Å². The Bertz CT molecular complexity index is 611. The van der Waals surface area contributed by atoms with E-state index < -0.39 is 5.92 Å². The van der Waals surface area contributed by atoms with Crippen LogP contribution >= 0.6 is 11.3 Å². The third kappa shape index (κ3) is 2.31. The maximum Gasteiger partial charge on any atom is 0.251 e. The number of piperidine rings is 1. The van der Waals surface area contributed by atoms with Crippen molar-refractivity contribution in [3.05, 3.63) is 23.3 Å². The van der Waals surface area contributed by atoms with Crippen molar-refractivity contribution in [2.75, 3.05) is 18.0 Å². The fourth-order valence-corrected chi connectivity index (χ4v) is 3.45. The molecule has 0 N–H and O–H groups in total. The van der Waals surface area contributed by atoms with Gasteiger partial charge in [0.25, 0.3) is 5.92 Å². The topological polar surface area (TPSA) is 16.1 Å². The van der Waals surface area contributed by atoms with E-state index in [9.17, 15) is 8.78 Å². The molecule has 2 nitrogen and oxygen atoms in total. The molecule has 1 aliphatic heterocycles. The monoisotopic (exact) mass is 282 g/mol. The summed E-state index contributed by atoms with van der Waals surface area (Å²) in [7, 11) is 0. The summed E-state index contributed by atoms with van der Waals surface area (Å²) in [5.74, 6) is -2.50. The third-order valence-electron chi connectivity index (χ3n) is 3.84. The average Bonchev–Trinajstić information content (AvgIpc) is 2.79. The lowest BCUT2D eigenvalue weighted by molar-refractivity contribution is -0.0220. The van der Waals surface area contributed by atoms with Crippen LogP contribution in [0, 0.1) is 13.8 Å². The second kappa shape index (κ2) is 4.40. The van der Waals surface area contributed by atoms with Gasteiger partial charge in [-0.2, -0.15) is 0 Å². The van der Waals surface area contributed by atoms with Crippen molar-refractivity contribution in [2.24, 2.45) is 0 Å². The number of anilines is 1. The minimum absolute atomic E-state index is 0.0685. The van der Waals surface area contributed by atoms with E-state index in [1.54, 1.807) is 11.3 Å². The highest BCUT2D eigenvalue weighted by Crippen LogP contribution is 2.35. The fourth-order valence-electron chi connectivity index (χ4n) is 2.37. The summed E-state index contributed by atoms with van der Waals surface area (Å²) < 4.78 is 27.5. The molecule has 0 amide bonds. The van der Waals surface area contributed by atoms with Gasteiger partial charge in [0.2, 0.25) is 0 Å². The van der Waals surface area contributed by atoms with E-state index in [-0.39, 0.29) is 12.8 Å². The van der Waals surface area contributed by atoms with Crippen LogP contribution in [0.25, 0.3) is 10.2 Å². The van der Waals surface area contributed by atoms with E-state index in [0.29, 0.717) is 13.1 Å². The molecule has 102 valence electrons. The van der Waals surface area contributed by atoms with Gasteiger partial charge in [0.15, 0.2) is 5.13 Å². The maximum atomic E-state index is 13.2. The molecule has 0 saturated carbocycles. The van der Waals surface area contributed by atoms with Crippen LogP contribution in [0.5, 0.6) is 0 Å². The minimum atomic E-state index is -2.50. The van der Waals surface area contributed by atoms with Crippen molar-refractivity contribution in [2.45, 2.75) is 32.6 Å². The number of thiazole rings is 1. The van der Waals surface area contributed by atoms with Crippen LogP contribution in [0.15, 0.2) is 12.1 Å². The molecule has 1 aliphatic rings. The molecule has 0 aliphatic carbocycles. The standard InChI is InChI=1S/C14H16F2N2S/c1-9-3-4-11-12(10(9)2)17-13(19-11)18-7-5-14(15,16)6-8-18/h3-4H,5-8H2,1-2H3.